The molecule has 0 bridgehead atoms. The molecule has 1 unspecified atom stereocenters. The normalized spacial score (nSPS) is 12.1. The van der Waals surface area contributed by atoms with E-state index in [9.17, 15) is 18.0 Å². The van der Waals surface area contributed by atoms with Crippen LogP contribution in [0.1, 0.15) is 30.5 Å². The Kier molecular flexibility index (Phi) is 12.3. The van der Waals surface area contributed by atoms with Gasteiger partial charge in [-0.2, -0.15) is 0 Å². The highest BCUT2D eigenvalue weighted by molar-refractivity contribution is 9.10. The second-order valence-corrected chi connectivity index (χ2v) is 15.0. The molecule has 1 N–H and O–H groups in total. The molecule has 0 fully saturated rings. The molecule has 0 heterocycles. The van der Waals surface area contributed by atoms with Gasteiger partial charge in [-0.05, 0) is 66.9 Å². The van der Waals surface area contributed by atoms with Gasteiger partial charge in [0.1, 0.15) is 12.6 Å². The Morgan fingerprint density at radius 2 is 1.46 bits per heavy atom. The number of hydrogen-bond donors (Lipinski definition) is 1. The average Bonchev–Trinajstić information content (AvgIpc) is 3.02. The van der Waals surface area contributed by atoms with Crippen molar-refractivity contribution < 1.29 is 18.0 Å². The Labute approximate surface area is 289 Å². The van der Waals surface area contributed by atoms with Crippen molar-refractivity contribution in [3.63, 3.8) is 0 Å². The number of hydrogen-bond acceptors (Lipinski definition) is 4. The molecule has 11 heteroatoms. The first-order valence-corrected chi connectivity index (χ1v) is 17.7. The van der Waals surface area contributed by atoms with E-state index in [0.29, 0.717) is 22.2 Å². The van der Waals surface area contributed by atoms with Gasteiger partial charge in [0.15, 0.2) is 0 Å². The molecule has 0 spiro atoms. The summed E-state index contributed by atoms with van der Waals surface area (Å²) in [6.07, 6.45) is 0.182. The number of carbonyl (C=O) groups is 2. The maximum Gasteiger partial charge on any atom is 0.264 e. The zero-order valence-electron chi connectivity index (χ0n) is 25.8. The molecule has 46 heavy (non-hydrogen) atoms. The topological polar surface area (TPSA) is 86.8 Å². The van der Waals surface area contributed by atoms with Gasteiger partial charge in [0.25, 0.3) is 10.0 Å². The maximum atomic E-state index is 14.6. The van der Waals surface area contributed by atoms with Crippen LogP contribution in [0.4, 0.5) is 5.69 Å². The van der Waals surface area contributed by atoms with Crippen molar-refractivity contribution in [2.24, 2.45) is 5.92 Å². The standard InChI is InChI=1S/C35H36BrCl2N3O4S/c1-24(2)21-39-35(43)33(20-26-8-5-4-6-9-26)40(22-30-31(37)10-7-11-32(30)38)34(42)23-41(28-16-14-27(36)15-17-28)46(44,45)29-18-12-25(3)13-19-29/h4-19,24,33H,20-23H2,1-3H3,(H,39,43). The molecule has 0 radical (unpaired) electrons. The summed E-state index contributed by atoms with van der Waals surface area (Å²) in [5.41, 5.74) is 2.46. The van der Waals surface area contributed by atoms with E-state index < -0.39 is 28.5 Å². The van der Waals surface area contributed by atoms with Crippen LogP contribution < -0.4 is 9.62 Å². The molecule has 2 amide bonds. The lowest BCUT2D eigenvalue weighted by Gasteiger charge is -2.34. The summed E-state index contributed by atoms with van der Waals surface area (Å²) in [5, 5.41) is 3.61. The predicted octanol–water partition coefficient (Wildman–Crippen LogP) is 7.67. The summed E-state index contributed by atoms with van der Waals surface area (Å²) in [4.78, 5) is 29.9. The highest BCUT2D eigenvalue weighted by atomic mass is 79.9. The fourth-order valence-electron chi connectivity index (χ4n) is 4.80. The minimum Gasteiger partial charge on any atom is -0.354 e. The van der Waals surface area contributed by atoms with Crippen molar-refractivity contribution >= 4 is 66.7 Å². The number of nitrogens with one attached hydrogen (secondary N) is 1. The van der Waals surface area contributed by atoms with E-state index in [0.717, 1.165) is 19.9 Å². The lowest BCUT2D eigenvalue weighted by Crippen LogP contribution is -2.53. The Bertz CT molecular complexity index is 1730. The molecule has 4 aromatic carbocycles. The minimum atomic E-state index is -4.21. The Hall–Kier alpha value is -3.37. The second kappa shape index (κ2) is 16.0. The summed E-state index contributed by atoms with van der Waals surface area (Å²) in [6, 6.07) is 26.4. The molecule has 0 aliphatic heterocycles. The SMILES string of the molecule is Cc1ccc(S(=O)(=O)N(CC(=O)N(Cc2c(Cl)cccc2Cl)C(Cc2ccccc2)C(=O)NCC(C)C)c2ccc(Br)cc2)cc1. The number of nitrogens with zero attached hydrogens (tertiary/aromatic N) is 2. The number of aryl methyl sites for hydroxylation is 1. The highest BCUT2D eigenvalue weighted by Crippen LogP contribution is 2.29. The van der Waals surface area contributed by atoms with Gasteiger partial charge in [-0.1, -0.05) is 107 Å². The van der Waals surface area contributed by atoms with Gasteiger partial charge in [0, 0.05) is 39.6 Å². The van der Waals surface area contributed by atoms with Crippen molar-refractivity contribution in [3.8, 4) is 0 Å². The van der Waals surface area contributed by atoms with Gasteiger partial charge in [-0.15, -0.1) is 0 Å². The summed E-state index contributed by atoms with van der Waals surface area (Å²) in [5.74, 6) is -0.808. The fourth-order valence-corrected chi connectivity index (χ4v) is 7.00. The van der Waals surface area contributed by atoms with Crippen LogP contribution in [0.3, 0.4) is 0 Å². The number of benzene rings is 4. The van der Waals surface area contributed by atoms with Crippen LogP contribution in [0.15, 0.2) is 106 Å². The molecular formula is C35H36BrCl2N3O4S. The van der Waals surface area contributed by atoms with Crippen molar-refractivity contribution in [1.29, 1.82) is 0 Å². The van der Waals surface area contributed by atoms with Crippen LogP contribution in [0.2, 0.25) is 10.0 Å². The molecular weight excluding hydrogens is 709 g/mol. The van der Waals surface area contributed by atoms with Crippen molar-refractivity contribution in [3.05, 3.63) is 128 Å². The van der Waals surface area contributed by atoms with Crippen LogP contribution >= 0.6 is 39.1 Å². The Morgan fingerprint density at radius 1 is 0.848 bits per heavy atom. The number of amides is 2. The number of anilines is 1. The quantitative estimate of drug-likeness (QED) is 0.152. The van der Waals surface area contributed by atoms with E-state index in [4.69, 9.17) is 23.2 Å². The van der Waals surface area contributed by atoms with E-state index in [1.54, 1.807) is 54.6 Å². The van der Waals surface area contributed by atoms with Gasteiger partial charge in [0.05, 0.1) is 10.6 Å². The Morgan fingerprint density at radius 3 is 2.04 bits per heavy atom. The minimum absolute atomic E-state index is 0.0324. The number of rotatable bonds is 13. The van der Waals surface area contributed by atoms with Crippen LogP contribution in [0.25, 0.3) is 0 Å². The molecule has 0 saturated heterocycles. The molecule has 4 rings (SSSR count). The maximum absolute atomic E-state index is 14.6. The smallest absolute Gasteiger partial charge is 0.264 e. The summed E-state index contributed by atoms with van der Waals surface area (Å²) in [6.45, 7) is 5.51. The monoisotopic (exact) mass is 743 g/mol. The van der Waals surface area contributed by atoms with E-state index in [1.165, 1.54) is 17.0 Å². The number of halogens is 3. The highest BCUT2D eigenvalue weighted by Gasteiger charge is 2.35. The van der Waals surface area contributed by atoms with Crippen LogP contribution in [0.5, 0.6) is 0 Å². The van der Waals surface area contributed by atoms with Crippen LogP contribution in [-0.4, -0.2) is 44.3 Å². The summed E-state index contributed by atoms with van der Waals surface area (Å²) >= 11 is 16.5. The van der Waals surface area contributed by atoms with E-state index in [2.05, 4.69) is 21.2 Å². The molecule has 0 saturated carbocycles. The van der Waals surface area contributed by atoms with Crippen molar-refractivity contribution in [2.45, 2.75) is 44.7 Å². The van der Waals surface area contributed by atoms with E-state index in [1.807, 2.05) is 51.1 Å². The van der Waals surface area contributed by atoms with Gasteiger partial charge < -0.3 is 10.2 Å². The lowest BCUT2D eigenvalue weighted by molar-refractivity contribution is -0.140. The predicted molar refractivity (Wildman–Crippen MR) is 189 cm³/mol. The van der Waals surface area contributed by atoms with E-state index in [-0.39, 0.29) is 35.4 Å². The molecule has 1 atom stereocenters. The lowest BCUT2D eigenvalue weighted by atomic mass is 10.0. The first-order chi connectivity index (χ1) is 21.9. The van der Waals surface area contributed by atoms with Crippen molar-refractivity contribution in [2.75, 3.05) is 17.4 Å². The molecule has 0 aromatic heterocycles. The van der Waals surface area contributed by atoms with Gasteiger partial charge >= 0.3 is 0 Å². The van der Waals surface area contributed by atoms with Crippen LogP contribution in [0, 0.1) is 12.8 Å². The summed E-state index contributed by atoms with van der Waals surface area (Å²) < 4.78 is 30.1. The van der Waals surface area contributed by atoms with Gasteiger partial charge in [-0.25, -0.2) is 8.42 Å². The molecule has 242 valence electrons. The number of carbonyl (C=O) groups excluding carboxylic acids is 2. The van der Waals surface area contributed by atoms with Crippen molar-refractivity contribution in [1.82, 2.24) is 10.2 Å². The van der Waals surface area contributed by atoms with Gasteiger partial charge in [-0.3, -0.25) is 13.9 Å². The van der Waals surface area contributed by atoms with Gasteiger partial charge in [0.2, 0.25) is 11.8 Å². The van der Waals surface area contributed by atoms with Crippen LogP contribution in [-0.2, 0) is 32.6 Å². The Balaban J connectivity index is 1.83. The average molecular weight is 746 g/mol. The third kappa shape index (κ3) is 9.12. The third-order valence-electron chi connectivity index (χ3n) is 7.35. The summed E-state index contributed by atoms with van der Waals surface area (Å²) in [7, 11) is -4.21. The first kappa shape index (κ1) is 35.5. The zero-order valence-corrected chi connectivity index (χ0v) is 29.7. The number of sulfonamides is 1. The fraction of sp³-hybridized carbons (Fsp3) is 0.257. The van der Waals surface area contributed by atoms with E-state index >= 15 is 0 Å². The molecule has 4 aromatic rings. The molecule has 0 aliphatic carbocycles. The second-order valence-electron chi connectivity index (χ2n) is 11.4. The largest absolute Gasteiger partial charge is 0.354 e. The zero-order chi connectivity index (χ0) is 33.4. The third-order valence-corrected chi connectivity index (χ3v) is 10.4. The molecule has 7 nitrogen and oxygen atoms in total. The first-order valence-electron chi connectivity index (χ1n) is 14.8. The molecule has 0 aliphatic rings.